The molecule has 5 nitrogen and oxygen atoms in total. The SMILES string of the molecule is Cn1nccc1CCC1(O)CCS(=O)(=O)c2ccccc21. The van der Waals surface area contributed by atoms with Crippen molar-refractivity contribution in [3.63, 3.8) is 0 Å². The van der Waals surface area contributed by atoms with Crippen LogP contribution in [0.2, 0.25) is 0 Å². The van der Waals surface area contributed by atoms with Crippen molar-refractivity contribution in [1.82, 2.24) is 9.78 Å². The van der Waals surface area contributed by atoms with Gasteiger partial charge in [-0.05, 0) is 31.4 Å². The number of fused-ring (bicyclic) bond motifs is 1. The van der Waals surface area contributed by atoms with E-state index in [1.54, 1.807) is 35.1 Å². The van der Waals surface area contributed by atoms with E-state index >= 15 is 0 Å². The average Bonchev–Trinajstić information content (AvgIpc) is 2.88. The van der Waals surface area contributed by atoms with E-state index in [4.69, 9.17) is 0 Å². The van der Waals surface area contributed by atoms with Crippen LogP contribution in [0.15, 0.2) is 41.4 Å². The largest absolute Gasteiger partial charge is 0.385 e. The number of aryl methyl sites for hydroxylation is 2. The lowest BCUT2D eigenvalue weighted by Crippen LogP contribution is -2.36. The summed E-state index contributed by atoms with van der Waals surface area (Å²) in [4.78, 5) is 0.267. The van der Waals surface area contributed by atoms with Crippen molar-refractivity contribution in [3.05, 3.63) is 47.8 Å². The van der Waals surface area contributed by atoms with Gasteiger partial charge in [0.1, 0.15) is 0 Å². The van der Waals surface area contributed by atoms with Crippen molar-refractivity contribution in [2.45, 2.75) is 29.8 Å². The fourth-order valence-electron chi connectivity index (χ4n) is 2.91. The normalized spacial score (nSPS) is 23.7. The zero-order chi connectivity index (χ0) is 15.1. The number of hydrogen-bond acceptors (Lipinski definition) is 4. The summed E-state index contributed by atoms with van der Waals surface area (Å²) < 4.78 is 26.0. The maximum Gasteiger partial charge on any atom is 0.178 e. The van der Waals surface area contributed by atoms with E-state index < -0.39 is 15.4 Å². The Hall–Kier alpha value is -1.66. The molecule has 21 heavy (non-hydrogen) atoms. The first kappa shape index (κ1) is 14.3. The molecule has 1 aliphatic rings. The van der Waals surface area contributed by atoms with E-state index in [-0.39, 0.29) is 17.1 Å². The molecule has 1 aromatic heterocycles. The van der Waals surface area contributed by atoms with Gasteiger partial charge in [-0.15, -0.1) is 0 Å². The fourth-order valence-corrected chi connectivity index (χ4v) is 4.62. The Kier molecular flexibility index (Phi) is 3.37. The van der Waals surface area contributed by atoms with Crippen LogP contribution in [0.5, 0.6) is 0 Å². The standard InChI is InChI=1S/C15H18N2O3S/c1-17-12(7-10-16-17)6-8-15(18)9-11-21(19,20)14-5-3-2-4-13(14)15/h2-5,7,10,18H,6,8-9,11H2,1H3. The number of aromatic nitrogens is 2. The topological polar surface area (TPSA) is 72.2 Å². The second-order valence-corrected chi connectivity index (χ2v) is 7.62. The summed E-state index contributed by atoms with van der Waals surface area (Å²) in [6, 6.07) is 8.68. The molecule has 0 fully saturated rings. The van der Waals surface area contributed by atoms with Crippen molar-refractivity contribution in [2.75, 3.05) is 5.75 Å². The van der Waals surface area contributed by atoms with Gasteiger partial charge in [0.15, 0.2) is 9.84 Å². The highest BCUT2D eigenvalue weighted by molar-refractivity contribution is 7.91. The molecular formula is C15H18N2O3S. The molecule has 0 aliphatic carbocycles. The summed E-state index contributed by atoms with van der Waals surface area (Å²) in [7, 11) is -1.41. The minimum absolute atomic E-state index is 0.00804. The number of hydrogen-bond donors (Lipinski definition) is 1. The van der Waals surface area contributed by atoms with Gasteiger partial charge in [-0.1, -0.05) is 18.2 Å². The number of aliphatic hydroxyl groups is 1. The van der Waals surface area contributed by atoms with Crippen LogP contribution in [-0.2, 0) is 28.9 Å². The van der Waals surface area contributed by atoms with Gasteiger partial charge in [-0.3, -0.25) is 4.68 Å². The zero-order valence-corrected chi connectivity index (χ0v) is 12.7. The van der Waals surface area contributed by atoms with Crippen molar-refractivity contribution in [3.8, 4) is 0 Å². The monoisotopic (exact) mass is 306 g/mol. The zero-order valence-electron chi connectivity index (χ0n) is 11.9. The molecule has 6 heteroatoms. The lowest BCUT2D eigenvalue weighted by Gasteiger charge is -2.34. The van der Waals surface area contributed by atoms with Crippen LogP contribution in [0.3, 0.4) is 0 Å². The smallest absolute Gasteiger partial charge is 0.178 e. The van der Waals surface area contributed by atoms with Crippen LogP contribution in [-0.4, -0.2) is 29.1 Å². The van der Waals surface area contributed by atoms with E-state index in [0.717, 1.165) is 5.69 Å². The molecule has 0 saturated carbocycles. The summed E-state index contributed by atoms with van der Waals surface area (Å²) in [5.41, 5.74) is 0.458. The van der Waals surface area contributed by atoms with Crippen molar-refractivity contribution in [1.29, 1.82) is 0 Å². The fraction of sp³-hybridized carbons (Fsp3) is 0.400. The molecule has 2 heterocycles. The van der Waals surface area contributed by atoms with Gasteiger partial charge < -0.3 is 5.11 Å². The highest BCUT2D eigenvalue weighted by atomic mass is 32.2. The van der Waals surface area contributed by atoms with Gasteiger partial charge in [0.25, 0.3) is 0 Å². The molecule has 1 N–H and O–H groups in total. The molecule has 1 aliphatic heterocycles. The van der Waals surface area contributed by atoms with E-state index in [2.05, 4.69) is 5.10 Å². The predicted octanol–water partition coefficient (Wildman–Crippen LogP) is 1.42. The molecular weight excluding hydrogens is 288 g/mol. The average molecular weight is 306 g/mol. The van der Waals surface area contributed by atoms with Gasteiger partial charge >= 0.3 is 0 Å². The summed E-state index contributed by atoms with van der Waals surface area (Å²) in [6.45, 7) is 0. The van der Waals surface area contributed by atoms with Crippen LogP contribution < -0.4 is 0 Å². The predicted molar refractivity (Wildman–Crippen MR) is 78.5 cm³/mol. The van der Waals surface area contributed by atoms with Gasteiger partial charge in [-0.2, -0.15) is 5.10 Å². The number of rotatable bonds is 3. The first-order valence-electron chi connectivity index (χ1n) is 6.94. The van der Waals surface area contributed by atoms with Crippen LogP contribution in [0.4, 0.5) is 0 Å². The highest BCUT2D eigenvalue weighted by Crippen LogP contribution is 2.39. The molecule has 0 bridgehead atoms. The second kappa shape index (κ2) is 4.96. The van der Waals surface area contributed by atoms with Crippen LogP contribution in [0.1, 0.15) is 24.1 Å². The van der Waals surface area contributed by atoms with Crippen molar-refractivity contribution < 1.29 is 13.5 Å². The van der Waals surface area contributed by atoms with Crippen LogP contribution in [0, 0.1) is 0 Å². The van der Waals surface area contributed by atoms with E-state index in [1.165, 1.54) is 0 Å². The third-order valence-electron chi connectivity index (χ3n) is 4.23. The Labute approximate surface area is 124 Å². The first-order valence-corrected chi connectivity index (χ1v) is 8.59. The van der Waals surface area contributed by atoms with Crippen LogP contribution in [0.25, 0.3) is 0 Å². The van der Waals surface area contributed by atoms with Crippen LogP contribution >= 0.6 is 0 Å². The maximum atomic E-state index is 12.1. The Morgan fingerprint density at radius 3 is 2.81 bits per heavy atom. The molecule has 0 amide bonds. The molecule has 3 rings (SSSR count). The minimum atomic E-state index is -3.27. The first-order chi connectivity index (χ1) is 9.92. The molecule has 1 aromatic carbocycles. The number of benzene rings is 1. The summed E-state index contributed by atoms with van der Waals surface area (Å²) in [5.74, 6) is -0.00804. The maximum absolute atomic E-state index is 12.1. The van der Waals surface area contributed by atoms with Crippen molar-refractivity contribution in [2.24, 2.45) is 7.05 Å². The van der Waals surface area contributed by atoms with E-state index in [9.17, 15) is 13.5 Å². The second-order valence-electron chi connectivity index (χ2n) is 5.54. The number of sulfone groups is 1. The molecule has 2 aromatic rings. The Morgan fingerprint density at radius 2 is 2.10 bits per heavy atom. The molecule has 0 radical (unpaired) electrons. The third-order valence-corrected chi connectivity index (χ3v) is 5.99. The third kappa shape index (κ3) is 2.49. The van der Waals surface area contributed by atoms with Gasteiger partial charge in [0.05, 0.1) is 16.2 Å². The van der Waals surface area contributed by atoms with Gasteiger partial charge in [-0.25, -0.2) is 8.42 Å². The van der Waals surface area contributed by atoms with Crippen molar-refractivity contribution >= 4 is 9.84 Å². The Morgan fingerprint density at radius 1 is 1.33 bits per heavy atom. The van der Waals surface area contributed by atoms with E-state index in [1.807, 2.05) is 13.1 Å². The number of nitrogens with zero attached hydrogens (tertiary/aromatic N) is 2. The summed E-state index contributed by atoms with van der Waals surface area (Å²) in [5, 5.41) is 15.1. The molecule has 1 atom stereocenters. The Balaban J connectivity index is 1.93. The minimum Gasteiger partial charge on any atom is -0.385 e. The summed E-state index contributed by atoms with van der Waals surface area (Å²) in [6.07, 6.45) is 3.10. The molecule has 112 valence electrons. The summed E-state index contributed by atoms with van der Waals surface area (Å²) >= 11 is 0. The lowest BCUT2D eigenvalue weighted by molar-refractivity contribution is 0.0189. The highest BCUT2D eigenvalue weighted by Gasteiger charge is 2.40. The Bertz CT molecular complexity index is 767. The van der Waals surface area contributed by atoms with Gasteiger partial charge in [0.2, 0.25) is 0 Å². The van der Waals surface area contributed by atoms with Gasteiger partial charge in [0, 0.05) is 24.5 Å². The van der Waals surface area contributed by atoms with E-state index in [0.29, 0.717) is 18.4 Å². The molecule has 0 spiro atoms. The molecule has 1 unspecified atom stereocenters. The quantitative estimate of drug-likeness (QED) is 0.931. The lowest BCUT2D eigenvalue weighted by atomic mass is 9.85. The molecule has 0 saturated heterocycles.